The summed E-state index contributed by atoms with van der Waals surface area (Å²) in [5, 5.41) is 0. The SMILES string of the molecule is CC.COc1ccc(N2CCN(C/C=C3\CCCc4ccccc43)CC2)cc1. The molecule has 0 atom stereocenters. The van der Waals surface area contributed by atoms with Crippen LogP contribution in [0.5, 0.6) is 5.75 Å². The average molecular weight is 379 g/mol. The Morgan fingerprint density at radius 1 is 0.893 bits per heavy atom. The third-order valence-electron chi connectivity index (χ3n) is 5.66. The predicted octanol–water partition coefficient (Wildman–Crippen LogP) is 5.26. The van der Waals surface area contributed by atoms with Crippen LogP contribution in [0.15, 0.2) is 54.6 Å². The highest BCUT2D eigenvalue weighted by molar-refractivity contribution is 5.70. The van der Waals surface area contributed by atoms with Gasteiger partial charge in [-0.15, -0.1) is 0 Å². The second-order valence-corrected chi connectivity index (χ2v) is 7.23. The van der Waals surface area contributed by atoms with Crippen LogP contribution in [-0.2, 0) is 6.42 Å². The van der Waals surface area contributed by atoms with Crippen molar-refractivity contribution in [2.45, 2.75) is 33.1 Å². The van der Waals surface area contributed by atoms with Crippen LogP contribution in [0.2, 0.25) is 0 Å². The molecule has 1 saturated heterocycles. The maximum Gasteiger partial charge on any atom is 0.119 e. The van der Waals surface area contributed by atoms with E-state index in [0.29, 0.717) is 0 Å². The summed E-state index contributed by atoms with van der Waals surface area (Å²) in [5.74, 6) is 0.923. The van der Waals surface area contributed by atoms with E-state index in [9.17, 15) is 0 Å². The molecule has 28 heavy (non-hydrogen) atoms. The topological polar surface area (TPSA) is 15.7 Å². The van der Waals surface area contributed by atoms with Gasteiger partial charge in [-0.3, -0.25) is 4.90 Å². The van der Waals surface area contributed by atoms with Crippen LogP contribution in [-0.4, -0.2) is 44.7 Å². The van der Waals surface area contributed by atoms with Crippen molar-refractivity contribution >= 4 is 11.3 Å². The molecule has 3 heteroatoms. The fourth-order valence-electron chi connectivity index (χ4n) is 4.09. The molecule has 1 aliphatic heterocycles. The van der Waals surface area contributed by atoms with Gasteiger partial charge in [0, 0.05) is 38.4 Å². The van der Waals surface area contributed by atoms with E-state index in [1.54, 1.807) is 12.7 Å². The van der Waals surface area contributed by atoms with Crippen molar-refractivity contribution < 1.29 is 4.74 Å². The number of benzene rings is 2. The summed E-state index contributed by atoms with van der Waals surface area (Å²) in [7, 11) is 1.72. The van der Waals surface area contributed by atoms with Gasteiger partial charge in [0.25, 0.3) is 0 Å². The van der Waals surface area contributed by atoms with Crippen LogP contribution in [0.25, 0.3) is 5.57 Å². The van der Waals surface area contributed by atoms with Gasteiger partial charge in [-0.1, -0.05) is 44.2 Å². The average Bonchev–Trinajstić information content (AvgIpc) is 2.79. The Labute approximate surface area is 170 Å². The van der Waals surface area contributed by atoms with E-state index in [2.05, 4.69) is 52.3 Å². The monoisotopic (exact) mass is 378 g/mol. The van der Waals surface area contributed by atoms with Crippen LogP contribution in [0.1, 0.15) is 37.8 Å². The molecule has 2 aliphatic rings. The highest BCUT2D eigenvalue weighted by Crippen LogP contribution is 2.30. The Hall–Kier alpha value is -2.26. The normalized spacial score (nSPS) is 18.2. The lowest BCUT2D eigenvalue weighted by atomic mass is 9.87. The van der Waals surface area contributed by atoms with Gasteiger partial charge in [-0.2, -0.15) is 0 Å². The summed E-state index contributed by atoms with van der Waals surface area (Å²) in [6.45, 7) is 9.49. The lowest BCUT2D eigenvalue weighted by molar-refractivity contribution is 0.284. The van der Waals surface area contributed by atoms with Gasteiger partial charge < -0.3 is 9.64 Å². The maximum absolute atomic E-state index is 5.25. The zero-order valence-corrected chi connectivity index (χ0v) is 17.7. The van der Waals surface area contributed by atoms with Crippen LogP contribution in [0, 0.1) is 0 Å². The highest BCUT2D eigenvalue weighted by atomic mass is 16.5. The zero-order chi connectivity index (χ0) is 19.8. The number of fused-ring (bicyclic) bond motifs is 1. The maximum atomic E-state index is 5.25. The summed E-state index contributed by atoms with van der Waals surface area (Å²) < 4.78 is 5.25. The van der Waals surface area contributed by atoms with Gasteiger partial charge in [0.1, 0.15) is 5.75 Å². The summed E-state index contributed by atoms with van der Waals surface area (Å²) in [6, 6.07) is 17.3. The van der Waals surface area contributed by atoms with Crippen LogP contribution < -0.4 is 9.64 Å². The lowest BCUT2D eigenvalue weighted by Crippen LogP contribution is -2.46. The van der Waals surface area contributed by atoms with Gasteiger partial charge in [-0.25, -0.2) is 0 Å². The molecule has 0 N–H and O–H groups in total. The van der Waals surface area contributed by atoms with Crippen molar-refractivity contribution in [3.63, 3.8) is 0 Å². The van der Waals surface area contributed by atoms with E-state index in [1.165, 1.54) is 36.1 Å². The van der Waals surface area contributed by atoms with Crippen LogP contribution in [0.4, 0.5) is 5.69 Å². The van der Waals surface area contributed by atoms with Crippen molar-refractivity contribution in [2.75, 3.05) is 44.7 Å². The van der Waals surface area contributed by atoms with Crippen molar-refractivity contribution in [3.8, 4) is 5.75 Å². The number of anilines is 1. The van der Waals surface area contributed by atoms with Crippen molar-refractivity contribution in [1.82, 2.24) is 4.90 Å². The van der Waals surface area contributed by atoms with Crippen LogP contribution in [0.3, 0.4) is 0 Å². The number of hydrogen-bond donors (Lipinski definition) is 0. The minimum absolute atomic E-state index is 0.923. The van der Waals surface area contributed by atoms with Crippen LogP contribution >= 0.6 is 0 Å². The molecule has 0 amide bonds. The molecule has 0 unspecified atom stereocenters. The molecule has 2 aromatic rings. The molecule has 1 fully saturated rings. The van der Waals surface area contributed by atoms with Gasteiger partial charge in [0.15, 0.2) is 0 Å². The Bertz CT molecular complexity index is 758. The molecule has 150 valence electrons. The van der Waals surface area contributed by atoms with E-state index < -0.39 is 0 Å². The summed E-state index contributed by atoms with van der Waals surface area (Å²) >= 11 is 0. The van der Waals surface area contributed by atoms with E-state index in [-0.39, 0.29) is 0 Å². The van der Waals surface area contributed by atoms with E-state index in [4.69, 9.17) is 4.74 Å². The lowest BCUT2D eigenvalue weighted by Gasteiger charge is -2.36. The van der Waals surface area contributed by atoms with Crippen molar-refractivity contribution in [2.24, 2.45) is 0 Å². The molecular weight excluding hydrogens is 344 g/mol. The fourth-order valence-corrected chi connectivity index (χ4v) is 4.09. The molecule has 0 aromatic heterocycles. The largest absolute Gasteiger partial charge is 0.497 e. The second-order valence-electron chi connectivity index (χ2n) is 7.23. The predicted molar refractivity (Wildman–Crippen MR) is 120 cm³/mol. The second kappa shape index (κ2) is 10.3. The standard InChI is InChI=1S/C23H28N2O.C2H6/c1-26-22-11-9-21(10-12-22)25-17-15-24(16-18-25)14-13-20-7-4-6-19-5-2-3-8-23(19)20;1-2/h2-3,5,8-13H,4,6-7,14-18H2,1H3;1-2H3/b20-13+;. The molecule has 1 aliphatic carbocycles. The Morgan fingerprint density at radius 2 is 1.61 bits per heavy atom. The van der Waals surface area contributed by atoms with Crippen molar-refractivity contribution in [1.29, 1.82) is 0 Å². The number of methoxy groups -OCH3 is 1. The van der Waals surface area contributed by atoms with E-state index >= 15 is 0 Å². The van der Waals surface area contributed by atoms with Crippen molar-refractivity contribution in [3.05, 3.63) is 65.7 Å². The molecule has 0 bridgehead atoms. The molecular formula is C25H34N2O. The first-order chi connectivity index (χ1) is 13.8. The van der Waals surface area contributed by atoms with E-state index in [0.717, 1.165) is 38.5 Å². The molecule has 0 spiro atoms. The zero-order valence-electron chi connectivity index (χ0n) is 17.7. The Morgan fingerprint density at radius 3 is 2.32 bits per heavy atom. The minimum atomic E-state index is 0.923. The summed E-state index contributed by atoms with van der Waals surface area (Å²) in [4.78, 5) is 5.04. The number of piperazine rings is 1. The molecule has 1 heterocycles. The third-order valence-corrected chi connectivity index (χ3v) is 5.66. The number of aryl methyl sites for hydroxylation is 1. The number of hydrogen-bond acceptors (Lipinski definition) is 3. The smallest absolute Gasteiger partial charge is 0.119 e. The Balaban J connectivity index is 0.00000109. The molecule has 3 nitrogen and oxygen atoms in total. The number of ether oxygens (including phenoxy) is 1. The first-order valence-electron chi connectivity index (χ1n) is 10.7. The highest BCUT2D eigenvalue weighted by Gasteiger charge is 2.18. The molecule has 2 aromatic carbocycles. The third kappa shape index (κ3) is 4.96. The molecule has 4 rings (SSSR count). The quantitative estimate of drug-likeness (QED) is 0.721. The first-order valence-corrected chi connectivity index (χ1v) is 10.7. The fraction of sp³-hybridized carbons (Fsp3) is 0.440. The first kappa shape index (κ1) is 20.5. The van der Waals surface area contributed by atoms with Gasteiger partial charge >= 0.3 is 0 Å². The number of rotatable bonds is 4. The van der Waals surface area contributed by atoms with E-state index in [1.807, 2.05) is 26.0 Å². The molecule has 0 saturated carbocycles. The summed E-state index contributed by atoms with van der Waals surface area (Å²) in [5.41, 5.74) is 5.85. The van der Waals surface area contributed by atoms with Gasteiger partial charge in [-0.05, 0) is 60.2 Å². The molecule has 0 radical (unpaired) electrons. The number of allylic oxidation sites excluding steroid dienone is 1. The Kier molecular flexibility index (Phi) is 7.55. The summed E-state index contributed by atoms with van der Waals surface area (Å²) in [6.07, 6.45) is 6.21. The number of nitrogens with zero attached hydrogens (tertiary/aromatic N) is 2. The van der Waals surface area contributed by atoms with Gasteiger partial charge in [0.05, 0.1) is 7.11 Å². The van der Waals surface area contributed by atoms with Gasteiger partial charge in [0.2, 0.25) is 0 Å². The minimum Gasteiger partial charge on any atom is -0.497 e.